The molecular formula is C16H20N2O2. The molecule has 2 N–H and O–H groups in total. The number of hydrogen-bond donors (Lipinski definition) is 1. The third kappa shape index (κ3) is 5.28. The molecule has 106 valence electrons. The lowest BCUT2D eigenvalue weighted by Crippen LogP contribution is -2.06. The van der Waals surface area contributed by atoms with E-state index >= 15 is 0 Å². The molecule has 0 spiro atoms. The first-order chi connectivity index (χ1) is 9.84. The topological polar surface area (TPSA) is 57.4 Å². The quantitative estimate of drug-likeness (QED) is 0.593. The van der Waals surface area contributed by atoms with Crippen LogP contribution in [0.2, 0.25) is 0 Å². The smallest absolute Gasteiger partial charge is 0.121 e. The number of nitrogen functional groups attached to an aromatic ring is 1. The Morgan fingerprint density at radius 1 is 1.00 bits per heavy atom. The van der Waals surface area contributed by atoms with Gasteiger partial charge in [0.2, 0.25) is 0 Å². The van der Waals surface area contributed by atoms with Crippen LogP contribution in [-0.2, 0) is 11.2 Å². The maximum absolute atomic E-state index is 5.67. The van der Waals surface area contributed by atoms with Crippen LogP contribution >= 0.6 is 0 Å². The van der Waals surface area contributed by atoms with Gasteiger partial charge in [-0.25, -0.2) is 0 Å². The summed E-state index contributed by atoms with van der Waals surface area (Å²) in [7, 11) is 0. The van der Waals surface area contributed by atoms with E-state index in [0.29, 0.717) is 25.5 Å². The summed E-state index contributed by atoms with van der Waals surface area (Å²) in [5.41, 5.74) is 7.45. The molecule has 2 rings (SSSR count). The van der Waals surface area contributed by atoms with Crippen LogP contribution < -0.4 is 10.5 Å². The molecule has 0 saturated carbocycles. The van der Waals surface area contributed by atoms with Crippen molar-refractivity contribution in [3.63, 3.8) is 0 Å². The molecule has 0 unspecified atom stereocenters. The summed E-state index contributed by atoms with van der Waals surface area (Å²) in [5, 5.41) is 0. The predicted octanol–water partition coefficient (Wildman–Crippen LogP) is 2.69. The standard InChI is InChI=1S/C16H20N2O2/c17-14-5-3-7-16(13-14)20-11-4-10-19-12-8-15-6-1-2-9-18-15/h1-3,5-7,9,13H,4,8,10-12,17H2. The number of aromatic nitrogens is 1. The first kappa shape index (κ1) is 14.3. The second-order valence-corrected chi connectivity index (χ2v) is 4.46. The summed E-state index contributed by atoms with van der Waals surface area (Å²) in [5.74, 6) is 0.804. The molecule has 0 amide bonds. The van der Waals surface area contributed by atoms with Gasteiger partial charge in [-0.1, -0.05) is 12.1 Å². The molecule has 0 aliphatic rings. The van der Waals surface area contributed by atoms with Crippen LogP contribution in [-0.4, -0.2) is 24.8 Å². The highest BCUT2D eigenvalue weighted by Gasteiger charge is 1.96. The fourth-order valence-electron chi connectivity index (χ4n) is 1.78. The van der Waals surface area contributed by atoms with E-state index in [0.717, 1.165) is 24.3 Å². The van der Waals surface area contributed by atoms with Gasteiger partial charge >= 0.3 is 0 Å². The average molecular weight is 272 g/mol. The molecule has 0 atom stereocenters. The maximum Gasteiger partial charge on any atom is 0.121 e. The molecule has 0 aliphatic carbocycles. The Kier molecular flexibility index (Phi) is 5.86. The van der Waals surface area contributed by atoms with E-state index in [2.05, 4.69) is 4.98 Å². The lowest BCUT2D eigenvalue weighted by Gasteiger charge is -2.07. The van der Waals surface area contributed by atoms with Crippen LogP contribution in [0.3, 0.4) is 0 Å². The number of ether oxygens (including phenoxy) is 2. The van der Waals surface area contributed by atoms with Crippen LogP contribution in [0.15, 0.2) is 48.7 Å². The third-order valence-electron chi connectivity index (χ3n) is 2.79. The normalized spacial score (nSPS) is 10.4. The lowest BCUT2D eigenvalue weighted by atomic mass is 10.3. The Morgan fingerprint density at radius 2 is 1.95 bits per heavy atom. The molecule has 4 heteroatoms. The van der Waals surface area contributed by atoms with Crippen LogP contribution in [0.5, 0.6) is 5.75 Å². The van der Waals surface area contributed by atoms with Crippen LogP contribution in [0.25, 0.3) is 0 Å². The van der Waals surface area contributed by atoms with Crippen LogP contribution in [0, 0.1) is 0 Å². The molecule has 20 heavy (non-hydrogen) atoms. The van der Waals surface area contributed by atoms with E-state index in [1.165, 1.54) is 0 Å². The fourth-order valence-corrected chi connectivity index (χ4v) is 1.78. The molecule has 1 heterocycles. The van der Waals surface area contributed by atoms with Crippen LogP contribution in [0.1, 0.15) is 12.1 Å². The average Bonchev–Trinajstić information content (AvgIpc) is 2.47. The van der Waals surface area contributed by atoms with Crippen molar-refractivity contribution in [2.75, 3.05) is 25.6 Å². The molecule has 1 aromatic carbocycles. The van der Waals surface area contributed by atoms with Gasteiger partial charge in [0.15, 0.2) is 0 Å². The van der Waals surface area contributed by atoms with Gasteiger partial charge in [0.05, 0.1) is 13.2 Å². The molecule has 0 radical (unpaired) electrons. The number of pyridine rings is 1. The van der Waals surface area contributed by atoms with Gasteiger partial charge in [-0.05, 0) is 24.3 Å². The van der Waals surface area contributed by atoms with Crippen molar-refractivity contribution in [1.29, 1.82) is 0 Å². The van der Waals surface area contributed by atoms with Crippen molar-refractivity contribution < 1.29 is 9.47 Å². The van der Waals surface area contributed by atoms with Crippen molar-refractivity contribution in [1.82, 2.24) is 4.98 Å². The Balaban J connectivity index is 1.52. The monoisotopic (exact) mass is 272 g/mol. The Hall–Kier alpha value is -2.07. The highest BCUT2D eigenvalue weighted by molar-refractivity contribution is 5.43. The minimum absolute atomic E-state index is 0.632. The van der Waals surface area contributed by atoms with Gasteiger partial charge in [0.1, 0.15) is 5.75 Å². The summed E-state index contributed by atoms with van der Waals surface area (Å²) < 4.78 is 11.1. The first-order valence-corrected chi connectivity index (χ1v) is 6.80. The summed E-state index contributed by atoms with van der Waals surface area (Å²) >= 11 is 0. The molecule has 4 nitrogen and oxygen atoms in total. The van der Waals surface area contributed by atoms with Crippen LogP contribution in [0.4, 0.5) is 5.69 Å². The zero-order valence-electron chi connectivity index (χ0n) is 11.5. The second kappa shape index (κ2) is 8.17. The largest absolute Gasteiger partial charge is 0.493 e. The fraction of sp³-hybridized carbons (Fsp3) is 0.312. The van der Waals surface area contributed by atoms with E-state index in [4.69, 9.17) is 15.2 Å². The molecule has 0 fully saturated rings. The molecule has 0 bridgehead atoms. The summed E-state index contributed by atoms with van der Waals surface area (Å²) in [6.07, 6.45) is 3.50. The number of nitrogens with two attached hydrogens (primary N) is 1. The Bertz CT molecular complexity index is 503. The van der Waals surface area contributed by atoms with Gasteiger partial charge in [-0.15, -0.1) is 0 Å². The number of benzene rings is 1. The number of rotatable bonds is 8. The van der Waals surface area contributed by atoms with E-state index in [-0.39, 0.29) is 0 Å². The minimum Gasteiger partial charge on any atom is -0.493 e. The van der Waals surface area contributed by atoms with Gasteiger partial charge < -0.3 is 15.2 Å². The Labute approximate surface area is 119 Å². The Morgan fingerprint density at radius 3 is 2.75 bits per heavy atom. The van der Waals surface area contributed by atoms with Gasteiger partial charge in [-0.3, -0.25) is 4.98 Å². The lowest BCUT2D eigenvalue weighted by molar-refractivity contribution is 0.121. The second-order valence-electron chi connectivity index (χ2n) is 4.46. The van der Waals surface area contributed by atoms with E-state index in [9.17, 15) is 0 Å². The zero-order chi connectivity index (χ0) is 14.0. The van der Waals surface area contributed by atoms with Crippen molar-refractivity contribution in [3.8, 4) is 5.75 Å². The van der Waals surface area contributed by atoms with E-state index in [1.807, 2.05) is 42.5 Å². The minimum atomic E-state index is 0.632. The summed E-state index contributed by atoms with van der Waals surface area (Å²) in [4.78, 5) is 4.24. The molecular weight excluding hydrogens is 252 g/mol. The molecule has 1 aromatic heterocycles. The maximum atomic E-state index is 5.67. The SMILES string of the molecule is Nc1cccc(OCCCOCCc2ccccn2)c1. The molecule has 0 saturated heterocycles. The third-order valence-corrected chi connectivity index (χ3v) is 2.79. The summed E-state index contributed by atoms with van der Waals surface area (Å²) in [6.45, 7) is 2.01. The van der Waals surface area contributed by atoms with E-state index in [1.54, 1.807) is 6.20 Å². The van der Waals surface area contributed by atoms with Crippen molar-refractivity contribution in [2.45, 2.75) is 12.8 Å². The predicted molar refractivity (Wildman–Crippen MR) is 79.7 cm³/mol. The van der Waals surface area contributed by atoms with E-state index < -0.39 is 0 Å². The first-order valence-electron chi connectivity index (χ1n) is 6.80. The zero-order valence-corrected chi connectivity index (χ0v) is 11.5. The highest BCUT2D eigenvalue weighted by Crippen LogP contribution is 2.14. The number of anilines is 1. The number of nitrogens with zero attached hydrogens (tertiary/aromatic N) is 1. The number of hydrogen-bond acceptors (Lipinski definition) is 4. The van der Waals surface area contributed by atoms with Gasteiger partial charge in [-0.2, -0.15) is 0 Å². The van der Waals surface area contributed by atoms with Crippen molar-refractivity contribution >= 4 is 5.69 Å². The van der Waals surface area contributed by atoms with Gasteiger partial charge in [0, 0.05) is 43.1 Å². The van der Waals surface area contributed by atoms with Crippen molar-refractivity contribution in [2.24, 2.45) is 0 Å². The molecule has 2 aromatic rings. The highest BCUT2D eigenvalue weighted by atomic mass is 16.5. The molecule has 0 aliphatic heterocycles. The van der Waals surface area contributed by atoms with Gasteiger partial charge in [0.25, 0.3) is 0 Å². The summed E-state index contributed by atoms with van der Waals surface area (Å²) in [6, 6.07) is 13.4. The van der Waals surface area contributed by atoms with Crippen molar-refractivity contribution in [3.05, 3.63) is 54.4 Å².